The van der Waals surface area contributed by atoms with Gasteiger partial charge in [0.25, 0.3) is 0 Å². The zero-order chi connectivity index (χ0) is 13.8. The molecule has 0 amide bonds. The van der Waals surface area contributed by atoms with Crippen molar-refractivity contribution in [2.75, 3.05) is 0 Å². The van der Waals surface area contributed by atoms with Crippen molar-refractivity contribution in [1.29, 1.82) is 0 Å². The van der Waals surface area contributed by atoms with Gasteiger partial charge in [-0.3, -0.25) is 0 Å². The molecule has 20 heavy (non-hydrogen) atoms. The Balaban J connectivity index is 1.49. The molecule has 1 N–H and O–H groups in total. The highest BCUT2D eigenvalue weighted by molar-refractivity contribution is 7.98. The highest BCUT2D eigenvalue weighted by Crippen LogP contribution is 2.23. The van der Waals surface area contributed by atoms with E-state index < -0.39 is 0 Å². The molecule has 1 aromatic carbocycles. The van der Waals surface area contributed by atoms with Crippen molar-refractivity contribution >= 4 is 11.8 Å². The van der Waals surface area contributed by atoms with Crippen LogP contribution in [0.4, 0.5) is 0 Å². The van der Waals surface area contributed by atoms with Crippen molar-refractivity contribution in [3.05, 3.63) is 41.5 Å². The average molecular weight is 289 g/mol. The Morgan fingerprint density at radius 1 is 1.30 bits per heavy atom. The summed E-state index contributed by atoms with van der Waals surface area (Å²) in [5.74, 6) is 2.23. The van der Waals surface area contributed by atoms with Crippen LogP contribution in [0, 0.1) is 0 Å². The van der Waals surface area contributed by atoms with E-state index in [2.05, 4.69) is 39.7 Å². The van der Waals surface area contributed by atoms with E-state index in [4.69, 9.17) is 4.52 Å². The number of benzene rings is 1. The maximum Gasteiger partial charge on any atom is 0.226 e. The lowest BCUT2D eigenvalue weighted by Gasteiger charge is -2.04. The first-order chi connectivity index (χ1) is 9.83. The second kappa shape index (κ2) is 6.41. The lowest BCUT2D eigenvalue weighted by Crippen LogP contribution is -2.14. The predicted octanol–water partition coefficient (Wildman–Crippen LogP) is 3.18. The van der Waals surface area contributed by atoms with Crippen LogP contribution in [0.3, 0.4) is 0 Å². The summed E-state index contributed by atoms with van der Waals surface area (Å²) in [6.45, 7) is 2.99. The summed E-state index contributed by atoms with van der Waals surface area (Å²) in [6, 6.07) is 9.46. The van der Waals surface area contributed by atoms with Crippen molar-refractivity contribution in [1.82, 2.24) is 15.5 Å². The minimum Gasteiger partial charge on any atom is -0.339 e. The summed E-state index contributed by atoms with van der Waals surface area (Å²) in [7, 11) is 0. The number of rotatable bonds is 7. The molecule has 1 aliphatic rings. The average Bonchev–Trinajstić information content (AvgIpc) is 3.21. The number of hydrogen-bond donors (Lipinski definition) is 1. The first-order valence-electron chi connectivity index (χ1n) is 7.10. The van der Waals surface area contributed by atoms with Crippen molar-refractivity contribution in [2.24, 2.45) is 0 Å². The van der Waals surface area contributed by atoms with Gasteiger partial charge in [-0.05, 0) is 30.5 Å². The van der Waals surface area contributed by atoms with Crippen molar-refractivity contribution < 1.29 is 4.52 Å². The SMILES string of the molecule is CCc1nc(CSc2ccc(CNC3CC3)cc2)no1. The van der Waals surface area contributed by atoms with E-state index >= 15 is 0 Å². The fraction of sp³-hybridized carbons (Fsp3) is 0.467. The Labute approximate surface area is 123 Å². The molecule has 1 fully saturated rings. The molecule has 0 spiro atoms. The predicted molar refractivity (Wildman–Crippen MR) is 79.5 cm³/mol. The third-order valence-corrected chi connectivity index (χ3v) is 4.28. The van der Waals surface area contributed by atoms with Crippen LogP contribution in [0.1, 0.15) is 37.0 Å². The molecule has 4 nitrogen and oxygen atoms in total. The van der Waals surface area contributed by atoms with Crippen LogP contribution in [0.5, 0.6) is 0 Å². The third-order valence-electron chi connectivity index (χ3n) is 3.28. The topological polar surface area (TPSA) is 51.0 Å². The summed E-state index contributed by atoms with van der Waals surface area (Å²) in [4.78, 5) is 5.55. The largest absolute Gasteiger partial charge is 0.339 e. The summed E-state index contributed by atoms with van der Waals surface area (Å²) < 4.78 is 5.10. The molecule has 0 unspecified atom stereocenters. The fourth-order valence-electron chi connectivity index (χ4n) is 1.89. The molecule has 5 heteroatoms. The zero-order valence-corrected chi connectivity index (χ0v) is 12.4. The summed E-state index contributed by atoms with van der Waals surface area (Å²) >= 11 is 1.74. The second-order valence-corrected chi connectivity index (χ2v) is 6.09. The van der Waals surface area contributed by atoms with Gasteiger partial charge in [0.15, 0.2) is 5.82 Å². The van der Waals surface area contributed by atoms with E-state index in [1.807, 2.05) is 6.92 Å². The second-order valence-electron chi connectivity index (χ2n) is 5.05. The zero-order valence-electron chi connectivity index (χ0n) is 11.6. The minimum absolute atomic E-state index is 0.710. The van der Waals surface area contributed by atoms with Crippen LogP contribution < -0.4 is 5.32 Å². The molecule has 0 bridgehead atoms. The standard InChI is InChI=1S/C15H19N3OS/c1-2-15-17-14(18-19-15)10-20-13-7-3-11(4-8-13)9-16-12-5-6-12/h3-4,7-8,12,16H,2,5-6,9-10H2,1H3. The molecule has 1 heterocycles. The van der Waals surface area contributed by atoms with E-state index in [9.17, 15) is 0 Å². The van der Waals surface area contributed by atoms with Gasteiger partial charge in [-0.15, -0.1) is 11.8 Å². The first kappa shape index (κ1) is 13.6. The number of hydrogen-bond acceptors (Lipinski definition) is 5. The quantitative estimate of drug-likeness (QED) is 0.793. The number of aromatic nitrogens is 2. The lowest BCUT2D eigenvalue weighted by atomic mass is 10.2. The van der Waals surface area contributed by atoms with Gasteiger partial charge in [0.05, 0.1) is 5.75 Å². The van der Waals surface area contributed by atoms with E-state index in [1.165, 1.54) is 23.3 Å². The van der Waals surface area contributed by atoms with Gasteiger partial charge in [-0.25, -0.2) is 0 Å². The van der Waals surface area contributed by atoms with Gasteiger partial charge in [0.1, 0.15) is 0 Å². The van der Waals surface area contributed by atoms with Gasteiger partial charge < -0.3 is 9.84 Å². The molecule has 0 atom stereocenters. The molecule has 0 aliphatic heterocycles. The van der Waals surface area contributed by atoms with Gasteiger partial charge in [-0.2, -0.15) is 4.98 Å². The molecule has 1 aliphatic carbocycles. The van der Waals surface area contributed by atoms with Gasteiger partial charge >= 0.3 is 0 Å². The molecule has 2 aromatic rings. The van der Waals surface area contributed by atoms with Crippen molar-refractivity contribution in [2.45, 2.75) is 49.4 Å². The number of thioether (sulfide) groups is 1. The summed E-state index contributed by atoms with van der Waals surface area (Å²) in [6.07, 6.45) is 3.46. The number of nitrogens with one attached hydrogen (secondary N) is 1. The van der Waals surface area contributed by atoms with Crippen molar-refractivity contribution in [3.63, 3.8) is 0 Å². The van der Waals surface area contributed by atoms with Gasteiger partial charge in [0, 0.05) is 23.9 Å². The Kier molecular flexibility index (Phi) is 4.38. The molecule has 106 valence electrons. The smallest absolute Gasteiger partial charge is 0.226 e. The van der Waals surface area contributed by atoms with Crippen LogP contribution in [-0.2, 0) is 18.7 Å². The summed E-state index contributed by atoms with van der Waals surface area (Å²) in [5.41, 5.74) is 1.34. The van der Waals surface area contributed by atoms with Crippen LogP contribution >= 0.6 is 11.8 Å². The molecule has 3 rings (SSSR count). The first-order valence-corrected chi connectivity index (χ1v) is 8.08. The Morgan fingerprint density at radius 2 is 2.10 bits per heavy atom. The normalized spacial score (nSPS) is 14.7. The maximum absolute atomic E-state index is 5.10. The number of aryl methyl sites for hydroxylation is 1. The van der Waals surface area contributed by atoms with E-state index in [-0.39, 0.29) is 0 Å². The van der Waals surface area contributed by atoms with Crippen LogP contribution in [-0.4, -0.2) is 16.2 Å². The van der Waals surface area contributed by atoms with Crippen LogP contribution in [0.15, 0.2) is 33.7 Å². The summed E-state index contributed by atoms with van der Waals surface area (Å²) in [5, 5.41) is 7.48. The lowest BCUT2D eigenvalue weighted by molar-refractivity contribution is 0.378. The van der Waals surface area contributed by atoms with Gasteiger partial charge in [0.2, 0.25) is 5.89 Å². The van der Waals surface area contributed by atoms with E-state index in [0.717, 1.165) is 30.6 Å². The highest BCUT2D eigenvalue weighted by Gasteiger charge is 2.19. The van der Waals surface area contributed by atoms with E-state index in [1.54, 1.807) is 11.8 Å². The Bertz CT molecular complexity index is 549. The van der Waals surface area contributed by atoms with Crippen molar-refractivity contribution in [3.8, 4) is 0 Å². The minimum atomic E-state index is 0.710. The molecular weight excluding hydrogens is 270 g/mol. The molecule has 0 radical (unpaired) electrons. The van der Waals surface area contributed by atoms with Crippen LogP contribution in [0.25, 0.3) is 0 Å². The molecule has 1 saturated carbocycles. The fourth-order valence-corrected chi connectivity index (χ4v) is 2.63. The highest BCUT2D eigenvalue weighted by atomic mass is 32.2. The Morgan fingerprint density at radius 3 is 2.75 bits per heavy atom. The van der Waals surface area contributed by atoms with E-state index in [0.29, 0.717) is 5.89 Å². The number of nitrogens with zero attached hydrogens (tertiary/aromatic N) is 2. The molecule has 0 saturated heterocycles. The van der Waals surface area contributed by atoms with Crippen LogP contribution in [0.2, 0.25) is 0 Å². The van der Waals surface area contributed by atoms with Gasteiger partial charge in [-0.1, -0.05) is 24.2 Å². The Hall–Kier alpha value is -1.33. The maximum atomic E-state index is 5.10. The third kappa shape index (κ3) is 3.84. The molecule has 1 aromatic heterocycles. The monoisotopic (exact) mass is 289 g/mol. The molecular formula is C15H19N3OS.